The van der Waals surface area contributed by atoms with Gasteiger partial charge in [-0.25, -0.2) is 0 Å². The third-order valence-electron chi connectivity index (χ3n) is 1.67. The van der Waals surface area contributed by atoms with Crippen molar-refractivity contribution in [3.05, 3.63) is 60.4 Å². The maximum atomic E-state index is 5.32. The van der Waals surface area contributed by atoms with E-state index in [4.69, 9.17) is 4.74 Å². The van der Waals surface area contributed by atoms with Crippen LogP contribution in [0.15, 0.2) is 54.8 Å². The molecule has 0 heterocycles. The van der Waals surface area contributed by atoms with Gasteiger partial charge in [0.2, 0.25) is 0 Å². The van der Waals surface area contributed by atoms with Crippen molar-refractivity contribution >= 4 is 0 Å². The number of hydrogen-bond acceptors (Lipinski definition) is 1. The van der Waals surface area contributed by atoms with Crippen LogP contribution < -0.4 is 0 Å². The van der Waals surface area contributed by atoms with Crippen molar-refractivity contribution in [1.29, 1.82) is 0 Å². The van der Waals surface area contributed by atoms with Crippen LogP contribution in [0.5, 0.6) is 0 Å². The van der Waals surface area contributed by atoms with Crippen molar-refractivity contribution in [2.75, 3.05) is 6.61 Å². The van der Waals surface area contributed by atoms with Crippen LogP contribution in [0.1, 0.15) is 12.5 Å². The maximum absolute atomic E-state index is 5.32. The summed E-state index contributed by atoms with van der Waals surface area (Å²) in [6.07, 6.45) is 3.43. The minimum atomic E-state index is 0.614. The average molecular weight is 198 g/mol. The Labute approximate surface area is 91.1 Å². The van der Waals surface area contributed by atoms with E-state index < -0.39 is 0 Å². The van der Waals surface area contributed by atoms with E-state index in [2.05, 4.69) is 18.4 Å². The van der Waals surface area contributed by atoms with Gasteiger partial charge in [-0.1, -0.05) is 36.8 Å². The van der Waals surface area contributed by atoms with E-state index in [1.165, 1.54) is 0 Å². The molecule has 1 rings (SSSR count). The Bertz CT molecular complexity index is 390. The first-order chi connectivity index (χ1) is 7.36. The van der Waals surface area contributed by atoms with Crippen LogP contribution in [-0.4, -0.2) is 6.61 Å². The zero-order chi connectivity index (χ0) is 10.9. The van der Waals surface area contributed by atoms with E-state index in [9.17, 15) is 0 Å². The van der Waals surface area contributed by atoms with Crippen molar-refractivity contribution in [3.63, 3.8) is 0 Å². The van der Waals surface area contributed by atoms with Crippen LogP contribution in [0.3, 0.4) is 0 Å². The molecular weight excluding hydrogens is 184 g/mol. The SMILES string of the molecule is C=C/C=C(\C#Cc1ccccc1)OCC. The lowest BCUT2D eigenvalue weighted by molar-refractivity contribution is 0.246. The van der Waals surface area contributed by atoms with Gasteiger partial charge in [0, 0.05) is 5.56 Å². The lowest BCUT2D eigenvalue weighted by Crippen LogP contribution is -1.87. The highest BCUT2D eigenvalue weighted by Crippen LogP contribution is 1.99. The predicted octanol–water partition coefficient (Wildman–Crippen LogP) is 3.14. The molecule has 1 aromatic carbocycles. The van der Waals surface area contributed by atoms with Gasteiger partial charge in [0.05, 0.1) is 6.61 Å². The minimum absolute atomic E-state index is 0.614. The fourth-order valence-electron chi connectivity index (χ4n) is 1.04. The number of rotatable bonds is 3. The number of hydrogen-bond donors (Lipinski definition) is 0. The van der Waals surface area contributed by atoms with Crippen LogP contribution >= 0.6 is 0 Å². The summed E-state index contributed by atoms with van der Waals surface area (Å²) < 4.78 is 5.32. The van der Waals surface area contributed by atoms with E-state index in [1.54, 1.807) is 12.2 Å². The Morgan fingerprint density at radius 3 is 2.73 bits per heavy atom. The number of allylic oxidation sites excluding steroid dienone is 3. The second kappa shape index (κ2) is 6.50. The molecule has 0 radical (unpaired) electrons. The van der Waals surface area contributed by atoms with Crippen molar-refractivity contribution in [1.82, 2.24) is 0 Å². The third kappa shape index (κ3) is 4.19. The highest BCUT2D eigenvalue weighted by molar-refractivity contribution is 5.39. The minimum Gasteiger partial charge on any atom is -0.486 e. The topological polar surface area (TPSA) is 9.23 Å². The average Bonchev–Trinajstić information content (AvgIpc) is 2.28. The molecule has 0 spiro atoms. The maximum Gasteiger partial charge on any atom is 0.170 e. The van der Waals surface area contributed by atoms with Gasteiger partial charge in [-0.05, 0) is 31.1 Å². The summed E-state index contributed by atoms with van der Waals surface area (Å²) >= 11 is 0. The van der Waals surface area contributed by atoms with E-state index in [0.717, 1.165) is 5.56 Å². The van der Waals surface area contributed by atoms with Crippen LogP contribution in [0.25, 0.3) is 0 Å². The zero-order valence-electron chi connectivity index (χ0n) is 8.86. The van der Waals surface area contributed by atoms with Gasteiger partial charge in [-0.2, -0.15) is 0 Å². The molecule has 0 amide bonds. The molecule has 1 nitrogen and oxygen atoms in total. The highest BCUT2D eigenvalue weighted by atomic mass is 16.5. The lowest BCUT2D eigenvalue weighted by Gasteiger charge is -1.98. The summed E-state index contributed by atoms with van der Waals surface area (Å²) in [6, 6.07) is 9.81. The first kappa shape index (κ1) is 11.1. The predicted molar refractivity (Wildman–Crippen MR) is 63.2 cm³/mol. The summed E-state index contributed by atoms with van der Waals surface area (Å²) in [5, 5.41) is 0. The number of benzene rings is 1. The van der Waals surface area contributed by atoms with Crippen molar-refractivity contribution in [2.45, 2.75) is 6.92 Å². The Morgan fingerprint density at radius 2 is 2.13 bits per heavy atom. The molecular formula is C14H14O. The Morgan fingerprint density at radius 1 is 1.40 bits per heavy atom. The first-order valence-corrected chi connectivity index (χ1v) is 4.89. The lowest BCUT2D eigenvalue weighted by atomic mass is 10.2. The standard InChI is InChI=1S/C14H14O/c1-3-8-14(15-4-2)12-11-13-9-6-5-7-10-13/h3,5-10H,1,4H2,2H3/b14-8+. The van der Waals surface area contributed by atoms with Crippen LogP contribution in [0, 0.1) is 11.8 Å². The van der Waals surface area contributed by atoms with E-state index in [0.29, 0.717) is 12.4 Å². The van der Waals surface area contributed by atoms with Gasteiger partial charge in [-0.15, -0.1) is 0 Å². The Kier molecular flexibility index (Phi) is 4.83. The van der Waals surface area contributed by atoms with Gasteiger partial charge in [0.15, 0.2) is 5.76 Å². The van der Waals surface area contributed by atoms with Gasteiger partial charge in [-0.3, -0.25) is 0 Å². The molecule has 0 atom stereocenters. The molecule has 0 aliphatic carbocycles. The summed E-state index contributed by atoms with van der Waals surface area (Å²) in [5.41, 5.74) is 0.979. The fraction of sp³-hybridized carbons (Fsp3) is 0.143. The molecule has 0 N–H and O–H groups in total. The Balaban J connectivity index is 2.78. The largest absolute Gasteiger partial charge is 0.486 e. The van der Waals surface area contributed by atoms with Gasteiger partial charge < -0.3 is 4.74 Å². The van der Waals surface area contributed by atoms with Crippen molar-refractivity contribution in [3.8, 4) is 11.8 Å². The third-order valence-corrected chi connectivity index (χ3v) is 1.67. The summed E-state index contributed by atoms with van der Waals surface area (Å²) in [7, 11) is 0. The van der Waals surface area contributed by atoms with E-state index in [1.807, 2.05) is 37.3 Å². The van der Waals surface area contributed by atoms with Crippen LogP contribution in [0.2, 0.25) is 0 Å². The van der Waals surface area contributed by atoms with Crippen molar-refractivity contribution in [2.24, 2.45) is 0 Å². The molecule has 0 bridgehead atoms. The second-order valence-electron chi connectivity index (χ2n) is 2.82. The fourth-order valence-corrected chi connectivity index (χ4v) is 1.04. The monoisotopic (exact) mass is 198 g/mol. The molecule has 0 fully saturated rings. The van der Waals surface area contributed by atoms with E-state index >= 15 is 0 Å². The van der Waals surface area contributed by atoms with Crippen LogP contribution in [0.4, 0.5) is 0 Å². The smallest absolute Gasteiger partial charge is 0.170 e. The normalized spacial score (nSPS) is 10.1. The summed E-state index contributed by atoms with van der Waals surface area (Å²) in [6.45, 7) is 6.16. The molecule has 0 unspecified atom stereocenters. The quantitative estimate of drug-likeness (QED) is 0.412. The Hall–Kier alpha value is -1.94. The molecule has 0 aliphatic heterocycles. The molecule has 0 aliphatic rings. The molecule has 1 heteroatoms. The second-order valence-corrected chi connectivity index (χ2v) is 2.82. The van der Waals surface area contributed by atoms with Crippen molar-refractivity contribution < 1.29 is 4.74 Å². The molecule has 0 saturated heterocycles. The zero-order valence-corrected chi connectivity index (χ0v) is 8.86. The molecule has 15 heavy (non-hydrogen) atoms. The van der Waals surface area contributed by atoms with Gasteiger partial charge in [0.25, 0.3) is 0 Å². The van der Waals surface area contributed by atoms with Gasteiger partial charge in [0.1, 0.15) is 0 Å². The molecule has 1 aromatic rings. The van der Waals surface area contributed by atoms with E-state index in [-0.39, 0.29) is 0 Å². The van der Waals surface area contributed by atoms with Gasteiger partial charge >= 0.3 is 0 Å². The molecule has 76 valence electrons. The summed E-state index contributed by atoms with van der Waals surface area (Å²) in [5.74, 6) is 6.63. The first-order valence-electron chi connectivity index (χ1n) is 4.89. The molecule has 0 saturated carbocycles. The molecule has 0 aromatic heterocycles. The summed E-state index contributed by atoms with van der Waals surface area (Å²) in [4.78, 5) is 0. The highest BCUT2D eigenvalue weighted by Gasteiger charge is 1.88. The van der Waals surface area contributed by atoms with Crippen LogP contribution in [-0.2, 0) is 4.74 Å². The number of ether oxygens (including phenoxy) is 1.